The summed E-state index contributed by atoms with van der Waals surface area (Å²) in [6.45, 7) is 2.17. The number of hydrogen-bond donors (Lipinski definition) is 2. The predicted molar refractivity (Wildman–Crippen MR) is 118 cm³/mol. The zero-order chi connectivity index (χ0) is 21.3. The first-order chi connectivity index (χ1) is 14.6. The fraction of sp³-hybridized carbons (Fsp3) is 0.130. The Balaban J connectivity index is 1.67. The van der Waals surface area contributed by atoms with Crippen LogP contribution in [0.1, 0.15) is 17.3 Å². The summed E-state index contributed by atoms with van der Waals surface area (Å²) < 4.78 is 11.0. The van der Waals surface area contributed by atoms with E-state index in [1.54, 1.807) is 42.5 Å². The average molecular weight is 425 g/mol. The summed E-state index contributed by atoms with van der Waals surface area (Å²) >= 11 is 6.18. The summed E-state index contributed by atoms with van der Waals surface area (Å²) in [6.07, 6.45) is 0. The van der Waals surface area contributed by atoms with E-state index in [1.807, 2.05) is 31.2 Å². The second-order valence-corrected chi connectivity index (χ2v) is 6.64. The van der Waals surface area contributed by atoms with Crippen molar-refractivity contribution >= 4 is 34.8 Å². The number of benzene rings is 3. The third-order valence-corrected chi connectivity index (χ3v) is 4.38. The minimum atomic E-state index is -0.389. The van der Waals surface area contributed by atoms with Gasteiger partial charge in [0.15, 0.2) is 6.61 Å². The van der Waals surface area contributed by atoms with Gasteiger partial charge in [-0.15, -0.1) is 0 Å². The van der Waals surface area contributed by atoms with E-state index in [-0.39, 0.29) is 18.4 Å². The molecule has 6 nitrogen and oxygen atoms in total. The number of hydrogen-bond acceptors (Lipinski definition) is 4. The molecule has 3 aromatic carbocycles. The number of para-hydroxylation sites is 3. The summed E-state index contributed by atoms with van der Waals surface area (Å²) in [6, 6.07) is 20.8. The van der Waals surface area contributed by atoms with Gasteiger partial charge in [-0.05, 0) is 49.4 Å². The second kappa shape index (κ2) is 10.3. The largest absolute Gasteiger partial charge is 0.492 e. The van der Waals surface area contributed by atoms with Crippen molar-refractivity contribution in [1.82, 2.24) is 0 Å². The molecule has 30 heavy (non-hydrogen) atoms. The molecule has 0 bridgehead atoms. The van der Waals surface area contributed by atoms with E-state index in [0.29, 0.717) is 40.1 Å². The molecule has 154 valence electrons. The fourth-order valence-electron chi connectivity index (χ4n) is 2.66. The normalized spacial score (nSPS) is 10.2. The summed E-state index contributed by atoms with van der Waals surface area (Å²) in [5.74, 6) is 0.420. The van der Waals surface area contributed by atoms with Crippen molar-refractivity contribution in [3.05, 3.63) is 83.4 Å². The molecule has 2 N–H and O–H groups in total. The Hall–Kier alpha value is -3.51. The van der Waals surface area contributed by atoms with Crippen LogP contribution in [0.15, 0.2) is 72.8 Å². The molecule has 0 radical (unpaired) electrons. The Kier molecular flexibility index (Phi) is 7.29. The van der Waals surface area contributed by atoms with Crippen LogP contribution in [0.25, 0.3) is 0 Å². The van der Waals surface area contributed by atoms with Gasteiger partial charge >= 0.3 is 0 Å². The van der Waals surface area contributed by atoms with Crippen molar-refractivity contribution in [2.45, 2.75) is 6.92 Å². The molecule has 0 fully saturated rings. The molecular formula is C23H21ClN2O4. The highest BCUT2D eigenvalue weighted by molar-refractivity contribution is 6.34. The van der Waals surface area contributed by atoms with E-state index in [9.17, 15) is 9.59 Å². The van der Waals surface area contributed by atoms with E-state index < -0.39 is 0 Å². The van der Waals surface area contributed by atoms with Crippen LogP contribution >= 0.6 is 11.6 Å². The van der Waals surface area contributed by atoms with E-state index in [2.05, 4.69) is 10.6 Å². The number of nitrogens with one attached hydrogen (secondary N) is 2. The van der Waals surface area contributed by atoms with E-state index in [4.69, 9.17) is 21.1 Å². The smallest absolute Gasteiger partial charge is 0.262 e. The fourth-order valence-corrected chi connectivity index (χ4v) is 2.82. The molecule has 3 rings (SSSR count). The van der Waals surface area contributed by atoms with Gasteiger partial charge in [0.25, 0.3) is 11.8 Å². The molecule has 0 saturated heterocycles. The Morgan fingerprint density at radius 3 is 2.37 bits per heavy atom. The van der Waals surface area contributed by atoms with Crippen LogP contribution in [0.5, 0.6) is 11.5 Å². The Bertz CT molecular complexity index is 1020. The number of carbonyl (C=O) groups excluding carboxylic acids is 2. The lowest BCUT2D eigenvalue weighted by atomic mass is 10.1. The lowest BCUT2D eigenvalue weighted by Crippen LogP contribution is -2.21. The second-order valence-electron chi connectivity index (χ2n) is 6.23. The van der Waals surface area contributed by atoms with Gasteiger partial charge in [-0.2, -0.15) is 0 Å². The van der Waals surface area contributed by atoms with Crippen LogP contribution in [0, 0.1) is 0 Å². The molecular weight excluding hydrogens is 404 g/mol. The molecule has 0 spiro atoms. The minimum absolute atomic E-state index is 0.182. The van der Waals surface area contributed by atoms with Crippen molar-refractivity contribution in [2.75, 3.05) is 23.8 Å². The first-order valence-electron chi connectivity index (χ1n) is 9.37. The lowest BCUT2D eigenvalue weighted by molar-refractivity contribution is -0.118. The van der Waals surface area contributed by atoms with Crippen molar-refractivity contribution in [2.24, 2.45) is 0 Å². The Morgan fingerprint density at radius 1 is 0.867 bits per heavy atom. The lowest BCUT2D eigenvalue weighted by Gasteiger charge is -2.13. The quantitative estimate of drug-likeness (QED) is 0.533. The van der Waals surface area contributed by atoms with Gasteiger partial charge in [0.05, 0.1) is 23.0 Å². The maximum atomic E-state index is 12.7. The first kappa shape index (κ1) is 21.2. The van der Waals surface area contributed by atoms with Crippen LogP contribution in [0.4, 0.5) is 11.4 Å². The highest BCUT2D eigenvalue weighted by Crippen LogP contribution is 2.26. The number of rotatable bonds is 8. The zero-order valence-electron chi connectivity index (χ0n) is 16.4. The van der Waals surface area contributed by atoms with Gasteiger partial charge in [-0.25, -0.2) is 0 Å². The molecule has 0 unspecified atom stereocenters. The van der Waals surface area contributed by atoms with Crippen molar-refractivity contribution in [1.29, 1.82) is 0 Å². The zero-order valence-corrected chi connectivity index (χ0v) is 17.1. The van der Waals surface area contributed by atoms with Gasteiger partial charge in [-0.3, -0.25) is 9.59 Å². The number of ether oxygens (including phenoxy) is 2. The predicted octanol–water partition coefficient (Wildman–Crippen LogP) is 5.01. The van der Waals surface area contributed by atoms with Crippen LogP contribution in [0.3, 0.4) is 0 Å². The third-order valence-electron chi connectivity index (χ3n) is 4.05. The molecule has 0 atom stereocenters. The molecule has 2 amide bonds. The minimum Gasteiger partial charge on any atom is -0.492 e. The van der Waals surface area contributed by atoms with Gasteiger partial charge in [0, 0.05) is 5.56 Å². The Morgan fingerprint density at radius 2 is 1.60 bits per heavy atom. The average Bonchev–Trinajstić information content (AvgIpc) is 2.76. The van der Waals surface area contributed by atoms with Crippen LogP contribution < -0.4 is 20.1 Å². The van der Waals surface area contributed by atoms with Crippen molar-refractivity contribution in [3.8, 4) is 11.5 Å². The van der Waals surface area contributed by atoms with Crippen LogP contribution in [0.2, 0.25) is 5.02 Å². The van der Waals surface area contributed by atoms with Crippen molar-refractivity contribution in [3.63, 3.8) is 0 Å². The van der Waals surface area contributed by atoms with Gasteiger partial charge in [0.1, 0.15) is 11.5 Å². The molecule has 0 aliphatic heterocycles. The highest BCUT2D eigenvalue weighted by Gasteiger charge is 2.13. The summed E-state index contributed by atoms with van der Waals surface area (Å²) in [5.41, 5.74) is 1.22. The Labute approximate surface area is 179 Å². The molecule has 0 saturated carbocycles. The molecule has 0 aromatic heterocycles. The topological polar surface area (TPSA) is 76.7 Å². The highest BCUT2D eigenvalue weighted by atomic mass is 35.5. The van der Waals surface area contributed by atoms with Gasteiger partial charge in [-0.1, -0.05) is 41.9 Å². The third kappa shape index (κ3) is 5.75. The van der Waals surface area contributed by atoms with E-state index >= 15 is 0 Å². The van der Waals surface area contributed by atoms with Crippen LogP contribution in [-0.4, -0.2) is 25.0 Å². The maximum absolute atomic E-state index is 12.7. The van der Waals surface area contributed by atoms with Gasteiger partial charge < -0.3 is 20.1 Å². The van der Waals surface area contributed by atoms with E-state index in [1.165, 1.54) is 6.07 Å². The van der Waals surface area contributed by atoms with E-state index in [0.717, 1.165) is 0 Å². The summed E-state index contributed by atoms with van der Waals surface area (Å²) in [5, 5.41) is 5.80. The first-order valence-corrected chi connectivity index (χ1v) is 9.75. The summed E-state index contributed by atoms with van der Waals surface area (Å²) in [7, 11) is 0. The number of anilines is 2. The monoisotopic (exact) mass is 424 g/mol. The molecule has 0 aliphatic carbocycles. The van der Waals surface area contributed by atoms with Crippen molar-refractivity contribution < 1.29 is 19.1 Å². The standard InChI is InChI=1S/C23H21ClN2O4/c1-2-29-21-11-7-6-10-19(21)26-23(28)16-12-13-18(24)20(14-16)25-22(27)15-30-17-8-4-3-5-9-17/h3-14H,2,15H2,1H3,(H,25,27)(H,26,28). The summed E-state index contributed by atoms with van der Waals surface area (Å²) in [4.78, 5) is 24.9. The molecule has 0 aliphatic rings. The number of halogens is 1. The molecule has 7 heteroatoms. The maximum Gasteiger partial charge on any atom is 0.262 e. The molecule has 3 aromatic rings. The molecule has 0 heterocycles. The number of carbonyl (C=O) groups is 2. The van der Waals surface area contributed by atoms with Gasteiger partial charge in [0.2, 0.25) is 0 Å². The SMILES string of the molecule is CCOc1ccccc1NC(=O)c1ccc(Cl)c(NC(=O)COc2ccccc2)c1. The van der Waals surface area contributed by atoms with Crippen LogP contribution in [-0.2, 0) is 4.79 Å². The number of amides is 2.